The molecule has 0 atom stereocenters. The Morgan fingerprint density at radius 3 is 3.09 bits per heavy atom. The summed E-state index contributed by atoms with van der Waals surface area (Å²) in [6, 6.07) is 3.95. The highest BCUT2D eigenvalue weighted by atomic mass is 35.5. The van der Waals surface area contributed by atoms with E-state index in [2.05, 4.69) is 15.3 Å². The first-order chi connectivity index (χ1) is 10.5. The summed E-state index contributed by atoms with van der Waals surface area (Å²) in [5.74, 6) is -1.37. The van der Waals surface area contributed by atoms with Crippen LogP contribution in [0, 0.1) is 5.82 Å². The van der Waals surface area contributed by atoms with Crippen LogP contribution in [0.2, 0.25) is 0 Å². The SMILES string of the molecule is O=C(O)Cn1cc(C=C(Cl)c2nc3ccc(F)cc3o2)nn1. The fraction of sp³-hybridized carbons (Fsp3) is 0.0769. The van der Waals surface area contributed by atoms with Crippen LogP contribution in [0.25, 0.3) is 22.2 Å². The Bertz CT molecular complexity index is 886. The normalized spacial score (nSPS) is 12.0. The molecule has 2 aromatic heterocycles. The summed E-state index contributed by atoms with van der Waals surface area (Å²) in [6.45, 7) is -0.305. The van der Waals surface area contributed by atoms with Crippen LogP contribution in [0.15, 0.2) is 28.8 Å². The molecule has 112 valence electrons. The number of oxazole rings is 1. The van der Waals surface area contributed by atoms with Gasteiger partial charge in [0.15, 0.2) is 5.58 Å². The molecule has 0 amide bonds. The molecule has 0 radical (unpaired) electrons. The summed E-state index contributed by atoms with van der Waals surface area (Å²) >= 11 is 6.08. The standard InChI is InChI=1S/C13H8ClFN4O3/c14-9(4-8-5-19(18-17-8)6-12(20)21)13-16-10-2-1-7(15)3-11(10)22-13/h1-5H,6H2,(H,20,21). The van der Waals surface area contributed by atoms with Crippen molar-refractivity contribution < 1.29 is 18.7 Å². The number of rotatable bonds is 4. The smallest absolute Gasteiger partial charge is 0.325 e. The molecule has 7 nitrogen and oxygen atoms in total. The number of halogens is 2. The van der Waals surface area contributed by atoms with Crippen LogP contribution in [0.3, 0.4) is 0 Å². The number of carboxylic acids is 1. The van der Waals surface area contributed by atoms with Gasteiger partial charge in [0.05, 0.1) is 6.20 Å². The van der Waals surface area contributed by atoms with Gasteiger partial charge in [0.1, 0.15) is 28.6 Å². The topological polar surface area (TPSA) is 94.0 Å². The molecule has 2 heterocycles. The van der Waals surface area contributed by atoms with Gasteiger partial charge in [0.2, 0.25) is 5.89 Å². The van der Waals surface area contributed by atoms with Crippen LogP contribution in [-0.2, 0) is 11.3 Å². The number of carboxylic acid groups (broad SMARTS) is 1. The van der Waals surface area contributed by atoms with Crippen molar-refractivity contribution in [3.05, 3.63) is 41.8 Å². The highest BCUT2D eigenvalue weighted by Crippen LogP contribution is 2.25. The highest BCUT2D eigenvalue weighted by molar-refractivity contribution is 6.50. The highest BCUT2D eigenvalue weighted by Gasteiger charge is 2.11. The predicted molar refractivity (Wildman–Crippen MR) is 75.3 cm³/mol. The average molecular weight is 323 g/mol. The van der Waals surface area contributed by atoms with Gasteiger partial charge in [0, 0.05) is 6.07 Å². The molecule has 0 saturated carbocycles. The average Bonchev–Trinajstić information content (AvgIpc) is 3.04. The Labute approximate surface area is 127 Å². The molecule has 3 aromatic rings. The first kappa shape index (κ1) is 14.2. The van der Waals surface area contributed by atoms with Gasteiger partial charge in [-0.1, -0.05) is 16.8 Å². The third-order valence-electron chi connectivity index (χ3n) is 2.68. The lowest BCUT2D eigenvalue weighted by molar-refractivity contribution is -0.137. The molecule has 0 aliphatic carbocycles. The molecule has 22 heavy (non-hydrogen) atoms. The lowest BCUT2D eigenvalue weighted by Crippen LogP contribution is -2.08. The van der Waals surface area contributed by atoms with Crippen molar-refractivity contribution in [3.8, 4) is 0 Å². The number of aliphatic carboxylic acids is 1. The minimum atomic E-state index is -1.03. The zero-order chi connectivity index (χ0) is 15.7. The molecular weight excluding hydrogens is 315 g/mol. The third-order valence-corrected chi connectivity index (χ3v) is 2.95. The van der Waals surface area contributed by atoms with Gasteiger partial charge in [-0.3, -0.25) is 4.79 Å². The fourth-order valence-corrected chi connectivity index (χ4v) is 1.98. The van der Waals surface area contributed by atoms with Crippen molar-refractivity contribution >= 4 is 39.8 Å². The summed E-state index contributed by atoms with van der Waals surface area (Å²) in [5, 5.41) is 16.2. The van der Waals surface area contributed by atoms with Gasteiger partial charge < -0.3 is 9.52 Å². The van der Waals surface area contributed by atoms with Gasteiger partial charge in [0.25, 0.3) is 0 Å². The molecule has 0 unspecified atom stereocenters. The van der Waals surface area contributed by atoms with E-state index in [1.807, 2.05) is 0 Å². The summed E-state index contributed by atoms with van der Waals surface area (Å²) < 4.78 is 19.6. The van der Waals surface area contributed by atoms with Gasteiger partial charge in [-0.25, -0.2) is 14.1 Å². The largest absolute Gasteiger partial charge is 0.480 e. The van der Waals surface area contributed by atoms with E-state index in [0.29, 0.717) is 11.2 Å². The number of carbonyl (C=O) groups is 1. The van der Waals surface area contributed by atoms with Crippen molar-refractivity contribution in [1.29, 1.82) is 0 Å². The van der Waals surface area contributed by atoms with Crippen LogP contribution in [0.1, 0.15) is 11.6 Å². The molecule has 9 heteroatoms. The van der Waals surface area contributed by atoms with E-state index in [1.165, 1.54) is 30.5 Å². The zero-order valence-electron chi connectivity index (χ0n) is 10.9. The Morgan fingerprint density at radius 1 is 1.50 bits per heavy atom. The number of hydrogen-bond donors (Lipinski definition) is 1. The van der Waals surface area contributed by atoms with Crippen molar-refractivity contribution in [2.75, 3.05) is 0 Å². The maximum atomic E-state index is 13.1. The first-order valence-electron chi connectivity index (χ1n) is 6.07. The molecule has 0 aliphatic heterocycles. The van der Waals surface area contributed by atoms with E-state index in [9.17, 15) is 9.18 Å². The number of benzene rings is 1. The minimum Gasteiger partial charge on any atom is -0.480 e. The van der Waals surface area contributed by atoms with Crippen LogP contribution in [-0.4, -0.2) is 31.1 Å². The molecule has 0 aliphatic rings. The van der Waals surface area contributed by atoms with Crippen molar-refractivity contribution in [3.63, 3.8) is 0 Å². The summed E-state index contributed by atoms with van der Waals surface area (Å²) in [5.41, 5.74) is 1.09. The van der Waals surface area contributed by atoms with E-state index in [0.717, 1.165) is 4.68 Å². The van der Waals surface area contributed by atoms with Crippen molar-refractivity contribution in [1.82, 2.24) is 20.0 Å². The Hall–Kier alpha value is -2.74. The zero-order valence-corrected chi connectivity index (χ0v) is 11.7. The lowest BCUT2D eigenvalue weighted by Gasteiger charge is -1.91. The molecule has 0 saturated heterocycles. The maximum Gasteiger partial charge on any atom is 0.325 e. The molecule has 0 fully saturated rings. The fourth-order valence-electron chi connectivity index (χ4n) is 1.79. The Balaban J connectivity index is 1.89. The summed E-state index contributed by atoms with van der Waals surface area (Å²) in [7, 11) is 0. The maximum absolute atomic E-state index is 13.1. The van der Waals surface area contributed by atoms with Crippen LogP contribution in [0.5, 0.6) is 0 Å². The van der Waals surface area contributed by atoms with E-state index in [1.54, 1.807) is 0 Å². The summed E-state index contributed by atoms with van der Waals surface area (Å²) in [4.78, 5) is 14.7. The minimum absolute atomic E-state index is 0.107. The van der Waals surface area contributed by atoms with Gasteiger partial charge in [-0.2, -0.15) is 0 Å². The van der Waals surface area contributed by atoms with E-state index in [4.69, 9.17) is 21.1 Å². The number of nitrogens with zero attached hydrogens (tertiary/aromatic N) is 4. The van der Waals surface area contributed by atoms with Gasteiger partial charge >= 0.3 is 5.97 Å². The van der Waals surface area contributed by atoms with E-state index in [-0.39, 0.29) is 23.1 Å². The third kappa shape index (κ3) is 2.96. The molecule has 1 N–H and O–H groups in total. The monoisotopic (exact) mass is 322 g/mol. The van der Waals surface area contributed by atoms with E-state index >= 15 is 0 Å². The quantitative estimate of drug-likeness (QED) is 0.792. The second-order valence-corrected chi connectivity index (χ2v) is 4.77. The molecular formula is C13H8ClFN4O3. The lowest BCUT2D eigenvalue weighted by atomic mass is 10.3. The first-order valence-corrected chi connectivity index (χ1v) is 6.44. The van der Waals surface area contributed by atoms with Crippen LogP contribution < -0.4 is 0 Å². The van der Waals surface area contributed by atoms with Crippen molar-refractivity contribution in [2.24, 2.45) is 0 Å². The second kappa shape index (κ2) is 5.57. The van der Waals surface area contributed by atoms with Gasteiger partial charge in [-0.05, 0) is 18.2 Å². The van der Waals surface area contributed by atoms with Crippen molar-refractivity contribution in [2.45, 2.75) is 6.54 Å². The van der Waals surface area contributed by atoms with E-state index < -0.39 is 11.8 Å². The number of aromatic nitrogens is 4. The molecule has 3 rings (SSSR count). The van der Waals surface area contributed by atoms with Crippen LogP contribution >= 0.6 is 11.6 Å². The Morgan fingerprint density at radius 2 is 2.32 bits per heavy atom. The molecule has 0 bridgehead atoms. The van der Waals surface area contributed by atoms with Gasteiger partial charge in [-0.15, -0.1) is 5.10 Å². The molecule has 0 spiro atoms. The summed E-state index contributed by atoms with van der Waals surface area (Å²) in [6.07, 6.45) is 2.84. The molecule has 1 aromatic carbocycles. The Kier molecular flexibility index (Phi) is 3.60. The number of hydrogen-bond acceptors (Lipinski definition) is 5. The van der Waals surface area contributed by atoms with Crippen LogP contribution in [0.4, 0.5) is 4.39 Å². The second-order valence-electron chi connectivity index (χ2n) is 4.36. The predicted octanol–water partition coefficient (Wildman–Crippen LogP) is 2.38. The number of fused-ring (bicyclic) bond motifs is 1.